The predicted octanol–water partition coefficient (Wildman–Crippen LogP) is 2.09. The van der Waals surface area contributed by atoms with Crippen LogP contribution in [0.5, 0.6) is 0 Å². The van der Waals surface area contributed by atoms with Crippen molar-refractivity contribution in [1.82, 2.24) is 19.6 Å². The molecule has 1 aliphatic rings. The lowest BCUT2D eigenvalue weighted by Crippen LogP contribution is -2.28. The average molecular weight is 279 g/mol. The van der Waals surface area contributed by atoms with E-state index in [1.807, 2.05) is 25.4 Å². The van der Waals surface area contributed by atoms with Gasteiger partial charge in [0.2, 0.25) is 0 Å². The zero-order chi connectivity index (χ0) is 13.2. The molecule has 4 nitrogen and oxygen atoms in total. The Bertz CT molecular complexity index is 570. The van der Waals surface area contributed by atoms with Crippen molar-refractivity contribution in [2.24, 2.45) is 0 Å². The molecule has 5 heteroatoms. The lowest BCUT2D eigenvalue weighted by atomic mass is 10.3. The number of aromatic nitrogens is 2. The zero-order valence-electron chi connectivity index (χ0n) is 11.2. The summed E-state index contributed by atoms with van der Waals surface area (Å²) in [4.78, 5) is 6.98. The van der Waals surface area contributed by atoms with E-state index in [-0.39, 0.29) is 0 Å². The van der Waals surface area contributed by atoms with Crippen molar-refractivity contribution in [3.05, 3.63) is 34.7 Å². The van der Waals surface area contributed by atoms with E-state index >= 15 is 0 Å². The molecule has 0 aliphatic carbocycles. The van der Waals surface area contributed by atoms with Crippen LogP contribution in [0.3, 0.4) is 0 Å². The van der Waals surface area contributed by atoms with Gasteiger partial charge in [0.05, 0.1) is 16.9 Å². The Labute approximate surface area is 118 Å². The monoisotopic (exact) mass is 278 g/mol. The summed E-state index contributed by atoms with van der Waals surface area (Å²) in [6, 6.07) is 1.96. The Morgan fingerprint density at radius 1 is 1.37 bits per heavy atom. The summed E-state index contributed by atoms with van der Waals surface area (Å²) in [6.45, 7) is 7.40. The molecular formula is C14H19ClN4. The summed E-state index contributed by atoms with van der Waals surface area (Å²) < 4.78 is 2.12. The molecule has 1 saturated heterocycles. The number of halogens is 1. The minimum Gasteiger partial charge on any atom is -0.315 e. The van der Waals surface area contributed by atoms with E-state index in [0.29, 0.717) is 0 Å². The zero-order valence-corrected chi connectivity index (χ0v) is 12.0. The number of nitrogens with zero attached hydrogens (tertiary/aromatic N) is 3. The Balaban J connectivity index is 1.88. The molecule has 1 N–H and O–H groups in total. The number of aryl methyl sites for hydroxylation is 1. The minimum absolute atomic E-state index is 0.766. The molecule has 0 radical (unpaired) electrons. The fourth-order valence-electron chi connectivity index (χ4n) is 2.67. The maximum Gasteiger partial charge on any atom is 0.139 e. The van der Waals surface area contributed by atoms with Gasteiger partial charge in [-0.3, -0.25) is 4.90 Å². The molecule has 3 rings (SSSR count). The molecule has 3 heterocycles. The molecule has 2 aromatic heterocycles. The molecule has 0 saturated carbocycles. The summed E-state index contributed by atoms with van der Waals surface area (Å²) in [5.74, 6) is 0. The second kappa shape index (κ2) is 5.49. The van der Waals surface area contributed by atoms with Gasteiger partial charge in [0.25, 0.3) is 0 Å². The first-order valence-electron chi connectivity index (χ1n) is 6.79. The van der Waals surface area contributed by atoms with Crippen molar-refractivity contribution in [2.75, 3.05) is 26.2 Å². The van der Waals surface area contributed by atoms with Gasteiger partial charge in [-0.05, 0) is 38.1 Å². The summed E-state index contributed by atoms with van der Waals surface area (Å²) >= 11 is 6.15. The first kappa shape index (κ1) is 12.9. The number of hydrogen-bond donors (Lipinski definition) is 1. The number of imidazole rings is 1. The van der Waals surface area contributed by atoms with Crippen LogP contribution in [0.2, 0.25) is 5.02 Å². The summed E-state index contributed by atoms with van der Waals surface area (Å²) in [6.07, 6.45) is 5.13. The smallest absolute Gasteiger partial charge is 0.139 e. The molecule has 0 bridgehead atoms. The molecule has 0 spiro atoms. The van der Waals surface area contributed by atoms with Crippen molar-refractivity contribution in [2.45, 2.75) is 19.9 Å². The largest absolute Gasteiger partial charge is 0.315 e. The quantitative estimate of drug-likeness (QED) is 0.913. The molecule has 2 aromatic rings. The second-order valence-electron chi connectivity index (χ2n) is 5.16. The van der Waals surface area contributed by atoms with Crippen molar-refractivity contribution in [3.63, 3.8) is 0 Å². The summed E-state index contributed by atoms with van der Waals surface area (Å²) in [7, 11) is 0. The van der Waals surface area contributed by atoms with Crippen LogP contribution in [-0.2, 0) is 6.54 Å². The van der Waals surface area contributed by atoms with E-state index < -0.39 is 0 Å². The summed E-state index contributed by atoms with van der Waals surface area (Å²) in [5, 5.41) is 4.19. The Kier molecular flexibility index (Phi) is 3.73. The predicted molar refractivity (Wildman–Crippen MR) is 77.7 cm³/mol. The molecule has 0 amide bonds. The van der Waals surface area contributed by atoms with E-state index in [4.69, 9.17) is 11.6 Å². The van der Waals surface area contributed by atoms with Gasteiger partial charge in [0.1, 0.15) is 5.65 Å². The van der Waals surface area contributed by atoms with E-state index in [0.717, 1.165) is 49.0 Å². The fraction of sp³-hybridized carbons (Fsp3) is 0.500. The van der Waals surface area contributed by atoms with E-state index in [1.165, 1.54) is 12.1 Å². The van der Waals surface area contributed by atoms with Crippen molar-refractivity contribution in [3.8, 4) is 0 Å². The van der Waals surface area contributed by atoms with Gasteiger partial charge in [-0.25, -0.2) is 4.98 Å². The van der Waals surface area contributed by atoms with Crippen LogP contribution in [-0.4, -0.2) is 40.5 Å². The van der Waals surface area contributed by atoms with Gasteiger partial charge in [-0.2, -0.15) is 0 Å². The van der Waals surface area contributed by atoms with Gasteiger partial charge in [0.15, 0.2) is 0 Å². The third kappa shape index (κ3) is 2.76. The SMILES string of the molecule is Cc1cc(Cl)cn2c(CN3CCCNCC3)cnc12. The van der Waals surface area contributed by atoms with Gasteiger partial charge < -0.3 is 9.72 Å². The van der Waals surface area contributed by atoms with Gasteiger partial charge in [-0.15, -0.1) is 0 Å². The van der Waals surface area contributed by atoms with Crippen LogP contribution in [0.1, 0.15) is 17.7 Å². The first-order chi connectivity index (χ1) is 9.24. The molecule has 0 aromatic carbocycles. The van der Waals surface area contributed by atoms with Crippen LogP contribution in [0, 0.1) is 6.92 Å². The summed E-state index contributed by atoms with van der Waals surface area (Å²) in [5.41, 5.74) is 3.34. The third-order valence-electron chi connectivity index (χ3n) is 3.65. The molecule has 19 heavy (non-hydrogen) atoms. The van der Waals surface area contributed by atoms with Gasteiger partial charge >= 0.3 is 0 Å². The number of nitrogens with one attached hydrogen (secondary N) is 1. The average Bonchev–Trinajstić information content (AvgIpc) is 2.60. The van der Waals surface area contributed by atoms with Crippen molar-refractivity contribution >= 4 is 17.2 Å². The van der Waals surface area contributed by atoms with E-state index in [1.54, 1.807) is 0 Å². The van der Waals surface area contributed by atoms with Crippen LogP contribution >= 0.6 is 11.6 Å². The van der Waals surface area contributed by atoms with Crippen LogP contribution in [0.25, 0.3) is 5.65 Å². The minimum atomic E-state index is 0.766. The standard InChI is InChI=1S/C14H19ClN4/c1-11-7-12(15)9-19-13(8-17-14(11)19)10-18-5-2-3-16-4-6-18/h7-9,16H,2-6,10H2,1H3. The lowest BCUT2D eigenvalue weighted by Gasteiger charge is -2.19. The molecule has 1 fully saturated rings. The van der Waals surface area contributed by atoms with Crippen molar-refractivity contribution in [1.29, 1.82) is 0 Å². The topological polar surface area (TPSA) is 32.6 Å². The normalized spacial score (nSPS) is 17.8. The van der Waals surface area contributed by atoms with Crippen LogP contribution in [0.15, 0.2) is 18.5 Å². The van der Waals surface area contributed by atoms with Gasteiger partial charge in [-0.1, -0.05) is 11.6 Å². The Morgan fingerprint density at radius 3 is 3.16 bits per heavy atom. The van der Waals surface area contributed by atoms with E-state index in [2.05, 4.69) is 19.6 Å². The maximum atomic E-state index is 6.15. The maximum absolute atomic E-state index is 6.15. The number of hydrogen-bond acceptors (Lipinski definition) is 3. The highest BCUT2D eigenvalue weighted by atomic mass is 35.5. The van der Waals surface area contributed by atoms with E-state index in [9.17, 15) is 0 Å². The molecule has 102 valence electrons. The van der Waals surface area contributed by atoms with Crippen LogP contribution < -0.4 is 5.32 Å². The molecule has 0 atom stereocenters. The number of rotatable bonds is 2. The highest BCUT2D eigenvalue weighted by molar-refractivity contribution is 6.30. The molecule has 0 unspecified atom stereocenters. The molecule has 1 aliphatic heterocycles. The fourth-order valence-corrected chi connectivity index (χ4v) is 2.93. The highest BCUT2D eigenvalue weighted by Crippen LogP contribution is 2.18. The number of fused-ring (bicyclic) bond motifs is 1. The van der Waals surface area contributed by atoms with Crippen molar-refractivity contribution < 1.29 is 0 Å². The molecular weight excluding hydrogens is 260 g/mol. The number of pyridine rings is 1. The first-order valence-corrected chi connectivity index (χ1v) is 7.17. The Morgan fingerprint density at radius 2 is 2.26 bits per heavy atom. The highest BCUT2D eigenvalue weighted by Gasteiger charge is 2.13. The second-order valence-corrected chi connectivity index (χ2v) is 5.60. The van der Waals surface area contributed by atoms with Crippen LogP contribution in [0.4, 0.5) is 0 Å². The Hall–Kier alpha value is -1.10. The van der Waals surface area contributed by atoms with Gasteiger partial charge in [0, 0.05) is 25.8 Å². The third-order valence-corrected chi connectivity index (χ3v) is 3.86. The lowest BCUT2D eigenvalue weighted by molar-refractivity contribution is 0.280.